The number of rotatable bonds is 2. The van der Waals surface area contributed by atoms with Gasteiger partial charge in [0.2, 0.25) is 5.95 Å². The van der Waals surface area contributed by atoms with Gasteiger partial charge in [0.25, 0.3) is 0 Å². The van der Waals surface area contributed by atoms with Crippen LogP contribution >= 0.6 is 11.6 Å². The van der Waals surface area contributed by atoms with Crippen LogP contribution in [0.15, 0.2) is 24.3 Å². The maximum atomic E-state index is 11.3. The standard InChI is InChI=1S/C12H10ClN3O2/c1-6-9(11(17)18)10(16-12(14)15-6)7-4-2-3-5-8(7)13/h2-5H,1H3,(H,17,18)(H2,14,15,16). The van der Waals surface area contributed by atoms with E-state index in [0.717, 1.165) is 0 Å². The van der Waals surface area contributed by atoms with Gasteiger partial charge in [-0.25, -0.2) is 14.8 Å². The molecule has 0 aliphatic carbocycles. The third-order valence-corrected chi connectivity index (χ3v) is 2.78. The number of aromatic carboxylic acids is 1. The molecule has 5 nitrogen and oxygen atoms in total. The van der Waals surface area contributed by atoms with Gasteiger partial charge in [0.15, 0.2) is 0 Å². The van der Waals surface area contributed by atoms with E-state index in [1.54, 1.807) is 31.2 Å². The van der Waals surface area contributed by atoms with Crippen LogP contribution in [-0.2, 0) is 0 Å². The van der Waals surface area contributed by atoms with Crippen LogP contribution in [-0.4, -0.2) is 21.0 Å². The minimum atomic E-state index is -1.11. The molecule has 1 heterocycles. The molecule has 3 N–H and O–H groups in total. The zero-order valence-electron chi connectivity index (χ0n) is 9.51. The van der Waals surface area contributed by atoms with Gasteiger partial charge in [0, 0.05) is 10.6 Å². The molecule has 92 valence electrons. The molecule has 1 aromatic carbocycles. The monoisotopic (exact) mass is 263 g/mol. The molecule has 0 atom stereocenters. The summed E-state index contributed by atoms with van der Waals surface area (Å²) in [4.78, 5) is 19.1. The molecular formula is C12H10ClN3O2. The summed E-state index contributed by atoms with van der Waals surface area (Å²) in [5.41, 5.74) is 6.64. The average molecular weight is 264 g/mol. The summed E-state index contributed by atoms with van der Waals surface area (Å²) in [6.07, 6.45) is 0. The fourth-order valence-corrected chi connectivity index (χ4v) is 1.92. The Bertz CT molecular complexity index is 629. The van der Waals surface area contributed by atoms with Crippen molar-refractivity contribution in [3.8, 4) is 11.3 Å². The second-order valence-corrected chi connectivity index (χ2v) is 4.08. The number of hydrogen-bond donors (Lipinski definition) is 2. The molecule has 0 fully saturated rings. The van der Waals surface area contributed by atoms with Crippen molar-refractivity contribution in [3.63, 3.8) is 0 Å². The number of nitrogen functional groups attached to an aromatic ring is 1. The van der Waals surface area contributed by atoms with Crippen LogP contribution in [0.2, 0.25) is 5.02 Å². The van der Waals surface area contributed by atoms with Crippen LogP contribution in [0, 0.1) is 6.92 Å². The zero-order valence-corrected chi connectivity index (χ0v) is 10.3. The van der Waals surface area contributed by atoms with Gasteiger partial charge in [-0.15, -0.1) is 0 Å². The van der Waals surface area contributed by atoms with Gasteiger partial charge in [-0.1, -0.05) is 29.8 Å². The van der Waals surface area contributed by atoms with E-state index in [1.807, 2.05) is 0 Å². The first-order chi connectivity index (χ1) is 8.50. The molecule has 0 radical (unpaired) electrons. The van der Waals surface area contributed by atoms with E-state index in [4.69, 9.17) is 17.3 Å². The number of carbonyl (C=O) groups is 1. The van der Waals surface area contributed by atoms with E-state index < -0.39 is 5.97 Å². The Hall–Kier alpha value is -2.14. The topological polar surface area (TPSA) is 89.1 Å². The molecule has 0 spiro atoms. The van der Waals surface area contributed by atoms with Crippen LogP contribution in [0.25, 0.3) is 11.3 Å². The van der Waals surface area contributed by atoms with E-state index in [0.29, 0.717) is 16.3 Å². The Morgan fingerprint density at radius 1 is 1.33 bits per heavy atom. The summed E-state index contributed by atoms with van der Waals surface area (Å²) in [6.45, 7) is 1.57. The molecule has 6 heteroatoms. The molecule has 18 heavy (non-hydrogen) atoms. The Balaban J connectivity index is 2.78. The third-order valence-electron chi connectivity index (χ3n) is 2.45. The summed E-state index contributed by atoms with van der Waals surface area (Å²) in [5.74, 6) is -1.09. The number of carboxylic acids is 1. The molecule has 0 saturated carbocycles. The van der Waals surface area contributed by atoms with Crippen LogP contribution < -0.4 is 5.73 Å². The fourth-order valence-electron chi connectivity index (χ4n) is 1.70. The van der Waals surface area contributed by atoms with Crippen molar-refractivity contribution in [2.45, 2.75) is 6.92 Å². The van der Waals surface area contributed by atoms with Gasteiger partial charge in [0.1, 0.15) is 5.56 Å². The molecule has 0 unspecified atom stereocenters. The number of anilines is 1. The maximum Gasteiger partial charge on any atom is 0.339 e. The lowest BCUT2D eigenvalue weighted by atomic mass is 10.0. The number of nitrogens with zero attached hydrogens (tertiary/aromatic N) is 2. The molecule has 2 rings (SSSR count). The van der Waals surface area contributed by atoms with Crippen LogP contribution in [0.5, 0.6) is 0 Å². The molecule has 1 aromatic heterocycles. The minimum absolute atomic E-state index is 0.0114. The molecule has 0 amide bonds. The summed E-state index contributed by atoms with van der Waals surface area (Å²) < 4.78 is 0. The molecule has 0 aliphatic rings. The van der Waals surface area contributed by atoms with E-state index in [9.17, 15) is 9.90 Å². The highest BCUT2D eigenvalue weighted by Crippen LogP contribution is 2.30. The van der Waals surface area contributed by atoms with Gasteiger partial charge in [-0.2, -0.15) is 0 Å². The summed E-state index contributed by atoms with van der Waals surface area (Å²) in [6, 6.07) is 6.86. The molecular weight excluding hydrogens is 254 g/mol. The molecule has 0 aliphatic heterocycles. The number of aryl methyl sites for hydroxylation is 1. The second-order valence-electron chi connectivity index (χ2n) is 3.68. The van der Waals surface area contributed by atoms with Crippen LogP contribution in [0.4, 0.5) is 5.95 Å². The number of benzene rings is 1. The van der Waals surface area contributed by atoms with Gasteiger partial charge in [-0.05, 0) is 13.0 Å². The summed E-state index contributed by atoms with van der Waals surface area (Å²) >= 11 is 6.05. The second kappa shape index (κ2) is 4.62. The fraction of sp³-hybridized carbons (Fsp3) is 0.0833. The first-order valence-corrected chi connectivity index (χ1v) is 5.51. The number of nitrogens with two attached hydrogens (primary N) is 1. The highest BCUT2D eigenvalue weighted by Gasteiger charge is 2.19. The van der Waals surface area contributed by atoms with Crippen molar-refractivity contribution in [2.24, 2.45) is 0 Å². The van der Waals surface area contributed by atoms with E-state index in [1.165, 1.54) is 0 Å². The Labute approximate surface area is 108 Å². The number of hydrogen-bond acceptors (Lipinski definition) is 4. The SMILES string of the molecule is Cc1nc(N)nc(-c2ccccc2Cl)c1C(=O)O. The largest absolute Gasteiger partial charge is 0.478 e. The Kier molecular flexibility index (Phi) is 3.16. The zero-order chi connectivity index (χ0) is 13.3. The quantitative estimate of drug-likeness (QED) is 0.868. The lowest BCUT2D eigenvalue weighted by molar-refractivity contribution is 0.0696. The van der Waals surface area contributed by atoms with Crippen molar-refractivity contribution in [3.05, 3.63) is 40.5 Å². The van der Waals surface area contributed by atoms with Gasteiger partial charge < -0.3 is 10.8 Å². The summed E-state index contributed by atoms with van der Waals surface area (Å²) in [5, 5.41) is 9.64. The van der Waals surface area contributed by atoms with Crippen LogP contribution in [0.1, 0.15) is 16.1 Å². The van der Waals surface area contributed by atoms with Crippen LogP contribution in [0.3, 0.4) is 0 Å². The number of halogens is 1. The highest BCUT2D eigenvalue weighted by atomic mass is 35.5. The van der Waals surface area contributed by atoms with Crippen molar-refractivity contribution in [1.29, 1.82) is 0 Å². The van der Waals surface area contributed by atoms with Gasteiger partial charge in [-0.3, -0.25) is 0 Å². The third kappa shape index (κ3) is 2.12. The van der Waals surface area contributed by atoms with Crippen molar-refractivity contribution < 1.29 is 9.90 Å². The predicted octanol–water partition coefficient (Wildman–Crippen LogP) is 2.39. The highest BCUT2D eigenvalue weighted by molar-refractivity contribution is 6.33. The first kappa shape index (κ1) is 12.3. The number of carboxylic acid groups (broad SMARTS) is 1. The van der Waals surface area contributed by atoms with Gasteiger partial charge >= 0.3 is 5.97 Å². The Morgan fingerprint density at radius 3 is 2.61 bits per heavy atom. The smallest absolute Gasteiger partial charge is 0.339 e. The molecule has 0 bridgehead atoms. The van der Waals surface area contributed by atoms with E-state index in [-0.39, 0.29) is 17.2 Å². The minimum Gasteiger partial charge on any atom is -0.478 e. The lowest BCUT2D eigenvalue weighted by Crippen LogP contribution is -2.09. The maximum absolute atomic E-state index is 11.3. The molecule has 0 saturated heterocycles. The van der Waals surface area contributed by atoms with Gasteiger partial charge in [0.05, 0.1) is 11.4 Å². The lowest BCUT2D eigenvalue weighted by Gasteiger charge is -2.09. The van der Waals surface area contributed by atoms with E-state index >= 15 is 0 Å². The van der Waals surface area contributed by atoms with Crippen molar-refractivity contribution >= 4 is 23.5 Å². The normalized spacial score (nSPS) is 10.3. The van der Waals surface area contributed by atoms with Crippen molar-refractivity contribution in [2.75, 3.05) is 5.73 Å². The number of aromatic nitrogens is 2. The molecule has 2 aromatic rings. The Morgan fingerprint density at radius 2 is 2.00 bits per heavy atom. The predicted molar refractivity (Wildman–Crippen MR) is 68.6 cm³/mol. The van der Waals surface area contributed by atoms with E-state index in [2.05, 4.69) is 9.97 Å². The summed E-state index contributed by atoms with van der Waals surface area (Å²) in [7, 11) is 0. The average Bonchev–Trinajstić information content (AvgIpc) is 2.27. The first-order valence-electron chi connectivity index (χ1n) is 5.13. The van der Waals surface area contributed by atoms with Crippen molar-refractivity contribution in [1.82, 2.24) is 9.97 Å².